The van der Waals surface area contributed by atoms with Gasteiger partial charge in [0.25, 0.3) is 5.91 Å². The van der Waals surface area contributed by atoms with Crippen LogP contribution in [0, 0.1) is 0 Å². The highest BCUT2D eigenvalue weighted by molar-refractivity contribution is 5.92. The van der Waals surface area contributed by atoms with Crippen LogP contribution in [-0.4, -0.2) is 40.0 Å². The zero-order valence-corrected chi connectivity index (χ0v) is 7.38. The predicted molar refractivity (Wildman–Crippen MR) is 43.0 cm³/mol. The van der Waals surface area contributed by atoms with Crippen LogP contribution in [0.3, 0.4) is 0 Å². The fraction of sp³-hybridized carbons (Fsp3) is 0.429. The first kappa shape index (κ1) is 11.5. The molecule has 0 spiro atoms. The molecule has 15 heavy (non-hydrogen) atoms. The maximum absolute atomic E-state index is 11.8. The van der Waals surface area contributed by atoms with Crippen LogP contribution in [0.4, 0.5) is 13.2 Å². The number of carbonyl (C=O) groups excluding carboxylic acids is 1. The van der Waals surface area contributed by atoms with Crippen molar-refractivity contribution in [1.82, 2.24) is 15.5 Å². The van der Waals surface area contributed by atoms with Crippen LogP contribution in [0.2, 0.25) is 0 Å². The summed E-state index contributed by atoms with van der Waals surface area (Å²) in [5, 5.41) is 16.2. The molecule has 5 nitrogen and oxygen atoms in total. The summed E-state index contributed by atoms with van der Waals surface area (Å²) >= 11 is 0. The summed E-state index contributed by atoms with van der Waals surface area (Å²) in [7, 11) is 0. The molecule has 1 aromatic heterocycles. The Balaban J connectivity index is 2.42. The van der Waals surface area contributed by atoms with Gasteiger partial charge in [-0.2, -0.15) is 18.3 Å². The van der Waals surface area contributed by atoms with E-state index in [1.807, 2.05) is 5.32 Å². The van der Waals surface area contributed by atoms with E-state index >= 15 is 0 Å². The Hall–Kier alpha value is -1.57. The van der Waals surface area contributed by atoms with Crippen LogP contribution in [0.25, 0.3) is 0 Å². The zero-order valence-electron chi connectivity index (χ0n) is 7.38. The molecule has 0 aliphatic rings. The van der Waals surface area contributed by atoms with Gasteiger partial charge in [0.05, 0.1) is 6.54 Å². The number of hydrogen-bond acceptors (Lipinski definition) is 3. The fourth-order valence-electron chi connectivity index (χ4n) is 0.783. The van der Waals surface area contributed by atoms with Crippen molar-refractivity contribution in [1.29, 1.82) is 0 Å². The highest BCUT2D eigenvalue weighted by Gasteiger charge is 2.38. The lowest BCUT2D eigenvalue weighted by Crippen LogP contribution is -2.40. The molecule has 0 aliphatic carbocycles. The van der Waals surface area contributed by atoms with Crippen LogP contribution in [0.5, 0.6) is 0 Å². The number of hydrogen-bond donors (Lipinski definition) is 3. The monoisotopic (exact) mass is 223 g/mol. The Bertz CT molecular complexity index is 323. The fourth-order valence-corrected chi connectivity index (χ4v) is 0.783. The number of amides is 1. The Morgan fingerprint density at radius 2 is 2.33 bits per heavy atom. The molecule has 0 aliphatic heterocycles. The van der Waals surface area contributed by atoms with Crippen molar-refractivity contribution in [2.75, 3.05) is 6.54 Å². The second-order valence-electron chi connectivity index (χ2n) is 2.74. The third-order valence-corrected chi connectivity index (χ3v) is 1.58. The molecule has 0 saturated carbocycles. The third-order valence-electron chi connectivity index (χ3n) is 1.58. The number of nitrogens with zero attached hydrogens (tertiary/aromatic N) is 1. The van der Waals surface area contributed by atoms with Gasteiger partial charge in [0, 0.05) is 6.20 Å². The molecule has 1 aromatic rings. The van der Waals surface area contributed by atoms with Crippen LogP contribution < -0.4 is 5.32 Å². The first-order valence-corrected chi connectivity index (χ1v) is 3.93. The number of aromatic amines is 1. The second kappa shape index (κ2) is 4.30. The van der Waals surface area contributed by atoms with Crippen LogP contribution in [0.1, 0.15) is 10.5 Å². The largest absolute Gasteiger partial charge is 0.416 e. The lowest BCUT2D eigenvalue weighted by molar-refractivity contribution is -0.201. The highest BCUT2D eigenvalue weighted by Crippen LogP contribution is 2.19. The smallest absolute Gasteiger partial charge is 0.382 e. The van der Waals surface area contributed by atoms with E-state index in [4.69, 9.17) is 5.11 Å². The van der Waals surface area contributed by atoms with E-state index in [0.29, 0.717) is 0 Å². The van der Waals surface area contributed by atoms with Crippen LogP contribution >= 0.6 is 0 Å². The molecule has 0 saturated heterocycles. The summed E-state index contributed by atoms with van der Waals surface area (Å²) in [4.78, 5) is 11.1. The van der Waals surface area contributed by atoms with Gasteiger partial charge in [0.2, 0.25) is 0 Å². The first-order chi connectivity index (χ1) is 6.91. The standard InChI is InChI=1S/C7H8F3N3O2/c8-7(9,10)5(14)3-11-6(15)4-1-2-12-13-4/h1-2,5,14H,3H2,(H,11,15)(H,12,13). The summed E-state index contributed by atoms with van der Waals surface area (Å²) in [5.74, 6) is -0.754. The first-order valence-electron chi connectivity index (χ1n) is 3.93. The van der Waals surface area contributed by atoms with Gasteiger partial charge in [-0.05, 0) is 6.07 Å². The van der Waals surface area contributed by atoms with Gasteiger partial charge >= 0.3 is 6.18 Å². The van der Waals surface area contributed by atoms with Crippen molar-refractivity contribution in [3.8, 4) is 0 Å². The predicted octanol–water partition coefficient (Wildman–Crippen LogP) is 0.0627. The minimum Gasteiger partial charge on any atom is -0.382 e. The number of carbonyl (C=O) groups is 1. The number of H-pyrrole nitrogens is 1. The minimum atomic E-state index is -4.73. The summed E-state index contributed by atoms with van der Waals surface area (Å²) in [6.45, 7) is -0.888. The number of rotatable bonds is 3. The number of aromatic nitrogens is 2. The van der Waals surface area contributed by atoms with Crippen molar-refractivity contribution in [2.45, 2.75) is 12.3 Å². The van der Waals surface area contributed by atoms with Crippen molar-refractivity contribution >= 4 is 5.91 Å². The van der Waals surface area contributed by atoms with E-state index in [0.717, 1.165) is 0 Å². The van der Waals surface area contributed by atoms with Crippen molar-refractivity contribution in [3.05, 3.63) is 18.0 Å². The van der Waals surface area contributed by atoms with Gasteiger partial charge in [-0.3, -0.25) is 9.89 Å². The molecular weight excluding hydrogens is 215 g/mol. The zero-order chi connectivity index (χ0) is 11.5. The van der Waals surface area contributed by atoms with Gasteiger partial charge in [0.15, 0.2) is 6.10 Å². The Kier molecular flexibility index (Phi) is 3.30. The number of aliphatic hydroxyl groups is 1. The number of aliphatic hydroxyl groups excluding tert-OH is 1. The molecule has 1 atom stereocenters. The minimum absolute atomic E-state index is 0.0318. The molecule has 3 N–H and O–H groups in total. The highest BCUT2D eigenvalue weighted by atomic mass is 19.4. The number of nitrogens with one attached hydrogen (secondary N) is 2. The molecule has 0 fully saturated rings. The van der Waals surface area contributed by atoms with E-state index < -0.39 is 24.7 Å². The lowest BCUT2D eigenvalue weighted by Gasteiger charge is -2.14. The Labute approximate surface area is 82.3 Å². The number of halogens is 3. The summed E-state index contributed by atoms with van der Waals surface area (Å²) in [5.41, 5.74) is 0.0318. The van der Waals surface area contributed by atoms with Gasteiger partial charge in [-0.25, -0.2) is 0 Å². The molecule has 84 valence electrons. The Morgan fingerprint density at radius 1 is 1.67 bits per heavy atom. The van der Waals surface area contributed by atoms with Crippen molar-refractivity contribution in [3.63, 3.8) is 0 Å². The van der Waals surface area contributed by atoms with Crippen molar-refractivity contribution < 1.29 is 23.1 Å². The van der Waals surface area contributed by atoms with Crippen LogP contribution in [0.15, 0.2) is 12.3 Å². The third kappa shape index (κ3) is 3.24. The topological polar surface area (TPSA) is 78.0 Å². The molecule has 0 aromatic carbocycles. The van der Waals surface area contributed by atoms with E-state index in [1.54, 1.807) is 0 Å². The Morgan fingerprint density at radius 3 is 2.80 bits per heavy atom. The SMILES string of the molecule is O=C(NCC(O)C(F)(F)F)c1ccn[nH]1. The van der Waals surface area contributed by atoms with Gasteiger partial charge < -0.3 is 10.4 Å². The van der Waals surface area contributed by atoms with Gasteiger partial charge in [-0.1, -0.05) is 0 Å². The number of alkyl halides is 3. The normalized spacial score (nSPS) is 13.6. The molecule has 8 heteroatoms. The molecular formula is C7H8F3N3O2. The van der Waals surface area contributed by atoms with E-state index in [2.05, 4.69) is 10.2 Å². The summed E-state index contributed by atoms with van der Waals surface area (Å²) in [6, 6.07) is 1.30. The maximum Gasteiger partial charge on any atom is 0.416 e. The molecule has 1 rings (SSSR count). The van der Waals surface area contributed by atoms with Gasteiger partial charge in [-0.15, -0.1) is 0 Å². The average Bonchev–Trinajstić information content (AvgIpc) is 2.64. The maximum atomic E-state index is 11.8. The van der Waals surface area contributed by atoms with Gasteiger partial charge in [0.1, 0.15) is 5.69 Å². The average molecular weight is 223 g/mol. The quantitative estimate of drug-likeness (QED) is 0.678. The van der Waals surface area contributed by atoms with E-state index in [9.17, 15) is 18.0 Å². The van der Waals surface area contributed by atoms with Crippen LogP contribution in [-0.2, 0) is 0 Å². The second-order valence-corrected chi connectivity index (χ2v) is 2.74. The van der Waals surface area contributed by atoms with Crippen molar-refractivity contribution in [2.24, 2.45) is 0 Å². The molecule has 1 unspecified atom stereocenters. The van der Waals surface area contributed by atoms with E-state index in [1.165, 1.54) is 12.3 Å². The summed E-state index contributed by atoms with van der Waals surface area (Å²) < 4.78 is 35.5. The molecule has 1 amide bonds. The summed E-state index contributed by atoms with van der Waals surface area (Å²) in [6.07, 6.45) is -6.01. The molecule has 0 radical (unpaired) electrons. The molecule has 0 bridgehead atoms. The molecule has 1 heterocycles. The lowest BCUT2D eigenvalue weighted by atomic mass is 10.3. The van der Waals surface area contributed by atoms with E-state index in [-0.39, 0.29) is 5.69 Å².